The van der Waals surface area contributed by atoms with Gasteiger partial charge in [-0.15, -0.1) is 0 Å². The zero-order valence-corrected chi connectivity index (χ0v) is 10.0. The van der Waals surface area contributed by atoms with E-state index in [1.165, 1.54) is 4.31 Å². The third-order valence-corrected chi connectivity index (χ3v) is 5.16. The number of likely N-dealkylation sites (N-methyl/N-ethyl adjacent to an activating group) is 1. The summed E-state index contributed by atoms with van der Waals surface area (Å²) in [4.78, 5) is 0. The summed E-state index contributed by atoms with van der Waals surface area (Å²) in [7, 11) is -3.16. The van der Waals surface area contributed by atoms with E-state index in [-0.39, 0.29) is 5.25 Å². The molecule has 0 aliphatic carbocycles. The number of sulfonamides is 1. The van der Waals surface area contributed by atoms with E-state index in [1.807, 2.05) is 6.92 Å². The van der Waals surface area contributed by atoms with E-state index in [0.717, 1.165) is 0 Å². The van der Waals surface area contributed by atoms with Crippen LogP contribution in [0.3, 0.4) is 0 Å². The molecule has 0 unspecified atom stereocenters. The van der Waals surface area contributed by atoms with Crippen LogP contribution in [0.5, 0.6) is 0 Å². The molecule has 0 spiro atoms. The Morgan fingerprint density at radius 3 is 2.47 bits per heavy atom. The smallest absolute Gasteiger partial charge is 0.217 e. The predicted octanol–water partition coefficient (Wildman–Crippen LogP) is -0.224. The minimum Gasteiger partial charge on any atom is -0.381 e. The summed E-state index contributed by atoms with van der Waals surface area (Å²) in [5, 5.41) is -0.280. The van der Waals surface area contributed by atoms with Gasteiger partial charge in [-0.25, -0.2) is 12.7 Å². The first-order valence-electron chi connectivity index (χ1n) is 5.39. The lowest BCUT2D eigenvalue weighted by Crippen LogP contribution is -2.43. The van der Waals surface area contributed by atoms with Gasteiger partial charge in [0.2, 0.25) is 10.0 Å². The molecule has 0 atom stereocenters. The maximum Gasteiger partial charge on any atom is 0.217 e. The summed E-state index contributed by atoms with van der Waals surface area (Å²) < 4.78 is 30.9. The van der Waals surface area contributed by atoms with Crippen molar-refractivity contribution in [2.45, 2.75) is 25.0 Å². The van der Waals surface area contributed by atoms with Gasteiger partial charge in [0.25, 0.3) is 0 Å². The zero-order chi connectivity index (χ0) is 11.3. The second-order valence-electron chi connectivity index (χ2n) is 3.64. The number of hydrogen-bond donors (Lipinski definition) is 1. The second-order valence-corrected chi connectivity index (χ2v) is 5.85. The Morgan fingerprint density at radius 2 is 2.00 bits per heavy atom. The average molecular weight is 236 g/mol. The normalized spacial score (nSPS) is 19.7. The third-order valence-electron chi connectivity index (χ3n) is 2.68. The Morgan fingerprint density at radius 1 is 1.40 bits per heavy atom. The molecule has 6 heteroatoms. The van der Waals surface area contributed by atoms with Gasteiger partial charge < -0.3 is 10.5 Å². The molecule has 1 aliphatic heterocycles. The molecule has 0 amide bonds. The van der Waals surface area contributed by atoms with Gasteiger partial charge in [0, 0.05) is 32.8 Å². The highest BCUT2D eigenvalue weighted by molar-refractivity contribution is 7.89. The Hall–Kier alpha value is -0.170. The van der Waals surface area contributed by atoms with E-state index in [2.05, 4.69) is 0 Å². The summed E-state index contributed by atoms with van der Waals surface area (Å²) in [5.74, 6) is 0. The fraction of sp³-hybridized carbons (Fsp3) is 1.00. The van der Waals surface area contributed by atoms with E-state index in [4.69, 9.17) is 10.5 Å². The molecule has 1 fully saturated rings. The van der Waals surface area contributed by atoms with Gasteiger partial charge in [-0.05, 0) is 12.8 Å². The molecule has 0 aromatic heterocycles. The van der Waals surface area contributed by atoms with Crippen LogP contribution in [0.15, 0.2) is 0 Å². The Bertz CT molecular complexity index is 262. The maximum atomic E-state index is 12.1. The van der Waals surface area contributed by atoms with Crippen molar-refractivity contribution in [1.29, 1.82) is 0 Å². The molecule has 15 heavy (non-hydrogen) atoms. The molecule has 0 bridgehead atoms. The highest BCUT2D eigenvalue weighted by Crippen LogP contribution is 2.19. The van der Waals surface area contributed by atoms with Crippen LogP contribution in [-0.4, -0.2) is 50.8 Å². The Kier molecular flexibility index (Phi) is 4.98. The first kappa shape index (κ1) is 12.9. The van der Waals surface area contributed by atoms with Crippen molar-refractivity contribution < 1.29 is 13.2 Å². The molecule has 0 aromatic carbocycles. The number of hydrogen-bond acceptors (Lipinski definition) is 4. The van der Waals surface area contributed by atoms with Crippen molar-refractivity contribution in [2.75, 3.05) is 32.8 Å². The molecule has 0 aromatic rings. The largest absolute Gasteiger partial charge is 0.381 e. The van der Waals surface area contributed by atoms with E-state index < -0.39 is 10.0 Å². The zero-order valence-electron chi connectivity index (χ0n) is 9.18. The fourth-order valence-corrected chi connectivity index (χ4v) is 3.72. The molecule has 1 heterocycles. The highest BCUT2D eigenvalue weighted by Gasteiger charge is 2.31. The van der Waals surface area contributed by atoms with Gasteiger partial charge >= 0.3 is 0 Å². The van der Waals surface area contributed by atoms with Crippen molar-refractivity contribution in [3.05, 3.63) is 0 Å². The van der Waals surface area contributed by atoms with E-state index >= 15 is 0 Å². The van der Waals surface area contributed by atoms with Crippen molar-refractivity contribution >= 4 is 10.0 Å². The van der Waals surface area contributed by atoms with Crippen molar-refractivity contribution in [3.63, 3.8) is 0 Å². The average Bonchev–Trinajstić information content (AvgIpc) is 2.27. The minimum atomic E-state index is -3.16. The number of nitrogens with two attached hydrogens (primary N) is 1. The van der Waals surface area contributed by atoms with E-state index in [0.29, 0.717) is 45.7 Å². The van der Waals surface area contributed by atoms with Gasteiger partial charge in [0.1, 0.15) is 0 Å². The standard InChI is InChI=1S/C9H20N2O3S/c1-2-11(6-5-10)15(12,13)9-3-7-14-8-4-9/h9H,2-8,10H2,1H3. The van der Waals surface area contributed by atoms with Crippen molar-refractivity contribution in [3.8, 4) is 0 Å². The van der Waals surface area contributed by atoms with Crippen molar-refractivity contribution in [2.24, 2.45) is 5.73 Å². The van der Waals surface area contributed by atoms with Gasteiger partial charge in [-0.2, -0.15) is 0 Å². The van der Waals surface area contributed by atoms with Crippen LogP contribution in [0.25, 0.3) is 0 Å². The summed E-state index contributed by atoms with van der Waals surface area (Å²) in [6, 6.07) is 0. The van der Waals surface area contributed by atoms with E-state index in [9.17, 15) is 8.42 Å². The predicted molar refractivity (Wildman–Crippen MR) is 59.1 cm³/mol. The van der Waals surface area contributed by atoms with E-state index in [1.54, 1.807) is 0 Å². The third kappa shape index (κ3) is 3.14. The first-order valence-corrected chi connectivity index (χ1v) is 6.90. The van der Waals surface area contributed by atoms with Crippen LogP contribution in [0.1, 0.15) is 19.8 Å². The Balaban J connectivity index is 2.69. The molecular weight excluding hydrogens is 216 g/mol. The highest BCUT2D eigenvalue weighted by atomic mass is 32.2. The van der Waals surface area contributed by atoms with Gasteiger partial charge in [-0.1, -0.05) is 6.92 Å². The summed E-state index contributed by atoms with van der Waals surface area (Å²) in [6.45, 7) is 4.21. The lowest BCUT2D eigenvalue weighted by molar-refractivity contribution is 0.0972. The molecule has 1 saturated heterocycles. The van der Waals surface area contributed by atoms with Crippen LogP contribution in [0.2, 0.25) is 0 Å². The first-order chi connectivity index (χ1) is 7.12. The van der Waals surface area contributed by atoms with Crippen LogP contribution in [-0.2, 0) is 14.8 Å². The van der Waals surface area contributed by atoms with Gasteiger partial charge in [0.15, 0.2) is 0 Å². The minimum absolute atomic E-state index is 0.280. The lowest BCUT2D eigenvalue weighted by Gasteiger charge is -2.28. The maximum absolute atomic E-state index is 12.1. The number of ether oxygens (including phenoxy) is 1. The molecule has 0 radical (unpaired) electrons. The van der Waals surface area contributed by atoms with Crippen LogP contribution >= 0.6 is 0 Å². The SMILES string of the molecule is CCN(CCN)S(=O)(=O)C1CCOCC1. The summed E-state index contributed by atoms with van der Waals surface area (Å²) >= 11 is 0. The number of rotatable bonds is 5. The molecule has 0 saturated carbocycles. The second kappa shape index (κ2) is 5.79. The van der Waals surface area contributed by atoms with Crippen LogP contribution < -0.4 is 5.73 Å². The molecule has 5 nitrogen and oxygen atoms in total. The summed E-state index contributed by atoms with van der Waals surface area (Å²) in [5.41, 5.74) is 5.40. The summed E-state index contributed by atoms with van der Waals surface area (Å²) in [6.07, 6.45) is 1.20. The molecule has 1 rings (SSSR count). The van der Waals surface area contributed by atoms with Gasteiger partial charge in [-0.3, -0.25) is 0 Å². The number of nitrogens with zero attached hydrogens (tertiary/aromatic N) is 1. The van der Waals surface area contributed by atoms with Crippen LogP contribution in [0.4, 0.5) is 0 Å². The molecule has 1 aliphatic rings. The van der Waals surface area contributed by atoms with Gasteiger partial charge in [0.05, 0.1) is 5.25 Å². The topological polar surface area (TPSA) is 72.6 Å². The van der Waals surface area contributed by atoms with Crippen molar-refractivity contribution in [1.82, 2.24) is 4.31 Å². The monoisotopic (exact) mass is 236 g/mol. The molecular formula is C9H20N2O3S. The molecule has 90 valence electrons. The quantitative estimate of drug-likeness (QED) is 0.716. The lowest BCUT2D eigenvalue weighted by atomic mass is 10.2. The van der Waals surface area contributed by atoms with Crippen LogP contribution in [0, 0.1) is 0 Å². The molecule has 2 N–H and O–H groups in total. The fourth-order valence-electron chi connectivity index (χ4n) is 1.79. The Labute approximate surface area is 91.6 Å².